The fourth-order valence-corrected chi connectivity index (χ4v) is 4.21. The van der Waals surface area contributed by atoms with E-state index in [4.69, 9.17) is 0 Å². The zero-order chi connectivity index (χ0) is 19.1. The molecule has 138 valence electrons. The van der Waals surface area contributed by atoms with Gasteiger partial charge in [-0.15, -0.1) is 0 Å². The Morgan fingerprint density at radius 1 is 1.12 bits per heavy atom. The number of benzene rings is 2. The third-order valence-corrected chi connectivity index (χ3v) is 5.80. The summed E-state index contributed by atoms with van der Waals surface area (Å²) < 4.78 is 27.9. The number of carbonyl (C=O) groups excluding carboxylic acids is 1. The summed E-state index contributed by atoms with van der Waals surface area (Å²) in [7, 11) is -3.67. The summed E-state index contributed by atoms with van der Waals surface area (Å²) in [5, 5.41) is 0. The van der Waals surface area contributed by atoms with E-state index in [9.17, 15) is 13.2 Å². The van der Waals surface area contributed by atoms with Gasteiger partial charge in [0.25, 0.3) is 10.0 Å². The molecule has 0 atom stereocenters. The van der Waals surface area contributed by atoms with Crippen molar-refractivity contribution in [3.8, 4) is 0 Å². The van der Waals surface area contributed by atoms with Crippen LogP contribution in [0.15, 0.2) is 47.4 Å². The molecule has 0 aromatic heterocycles. The Hall–Kier alpha value is -2.34. The first-order valence-corrected chi connectivity index (χ1v) is 10.1. The van der Waals surface area contributed by atoms with E-state index >= 15 is 0 Å². The van der Waals surface area contributed by atoms with E-state index in [1.54, 1.807) is 35.2 Å². The first-order valence-electron chi connectivity index (χ1n) is 8.62. The van der Waals surface area contributed by atoms with Gasteiger partial charge in [0.1, 0.15) is 0 Å². The summed E-state index contributed by atoms with van der Waals surface area (Å²) in [6, 6.07) is 12.2. The van der Waals surface area contributed by atoms with Gasteiger partial charge >= 0.3 is 0 Å². The van der Waals surface area contributed by atoms with E-state index in [-0.39, 0.29) is 10.8 Å². The minimum Gasteiger partial charge on any atom is -0.311 e. The minimum atomic E-state index is -3.67. The molecule has 0 fully saturated rings. The Labute approximate surface area is 155 Å². The zero-order valence-corrected chi connectivity index (χ0v) is 16.4. The smallest absolute Gasteiger partial charge is 0.261 e. The van der Waals surface area contributed by atoms with Crippen LogP contribution in [0.5, 0.6) is 0 Å². The van der Waals surface area contributed by atoms with Crippen LogP contribution in [0.25, 0.3) is 0 Å². The van der Waals surface area contributed by atoms with Gasteiger partial charge in [0, 0.05) is 17.6 Å². The molecule has 0 unspecified atom stereocenters. The van der Waals surface area contributed by atoms with E-state index in [0.717, 1.165) is 23.2 Å². The predicted octanol–water partition coefficient (Wildman–Crippen LogP) is 3.73. The van der Waals surface area contributed by atoms with Gasteiger partial charge in [0.2, 0.25) is 5.91 Å². The molecule has 5 nitrogen and oxygen atoms in total. The lowest BCUT2D eigenvalue weighted by atomic mass is 9.94. The minimum absolute atomic E-state index is 0.0370. The Kier molecular flexibility index (Phi) is 4.56. The highest BCUT2D eigenvalue weighted by Crippen LogP contribution is 2.34. The van der Waals surface area contributed by atoms with E-state index in [1.807, 2.05) is 39.8 Å². The Bertz CT molecular complexity index is 959. The van der Waals surface area contributed by atoms with Crippen molar-refractivity contribution in [2.24, 2.45) is 5.41 Å². The van der Waals surface area contributed by atoms with Crippen LogP contribution in [0, 0.1) is 12.3 Å². The number of hydrogen-bond donors (Lipinski definition) is 1. The summed E-state index contributed by atoms with van der Waals surface area (Å²) in [4.78, 5) is 14.6. The van der Waals surface area contributed by atoms with Gasteiger partial charge in [0.05, 0.1) is 10.6 Å². The monoisotopic (exact) mass is 372 g/mol. The second-order valence-corrected chi connectivity index (χ2v) is 9.40. The lowest BCUT2D eigenvalue weighted by Gasteiger charge is -2.26. The highest BCUT2D eigenvalue weighted by atomic mass is 32.2. The van der Waals surface area contributed by atoms with Gasteiger partial charge < -0.3 is 4.90 Å². The number of sulfonamides is 1. The summed E-state index contributed by atoms with van der Waals surface area (Å²) in [5.74, 6) is 0.0370. The van der Waals surface area contributed by atoms with Crippen molar-refractivity contribution in [2.75, 3.05) is 16.2 Å². The fraction of sp³-hybridized carbons (Fsp3) is 0.350. The van der Waals surface area contributed by atoms with E-state index in [0.29, 0.717) is 12.2 Å². The topological polar surface area (TPSA) is 66.5 Å². The molecular weight excluding hydrogens is 348 g/mol. The lowest BCUT2D eigenvalue weighted by Crippen LogP contribution is -2.38. The van der Waals surface area contributed by atoms with Crippen LogP contribution < -0.4 is 9.62 Å². The van der Waals surface area contributed by atoms with Crippen LogP contribution >= 0.6 is 0 Å². The molecule has 0 aliphatic carbocycles. The molecule has 0 saturated heterocycles. The number of nitrogens with zero attached hydrogens (tertiary/aromatic N) is 1. The molecule has 1 amide bonds. The summed E-state index contributed by atoms with van der Waals surface area (Å²) >= 11 is 0. The van der Waals surface area contributed by atoms with Crippen molar-refractivity contribution in [2.45, 2.75) is 39.0 Å². The molecule has 0 saturated carbocycles. The van der Waals surface area contributed by atoms with E-state index in [1.165, 1.54) is 0 Å². The molecule has 1 heterocycles. The third kappa shape index (κ3) is 3.60. The Morgan fingerprint density at radius 2 is 1.85 bits per heavy atom. The largest absolute Gasteiger partial charge is 0.311 e. The molecule has 0 spiro atoms. The second-order valence-electron chi connectivity index (χ2n) is 7.72. The number of fused-ring (bicyclic) bond motifs is 1. The second kappa shape index (κ2) is 6.43. The summed E-state index contributed by atoms with van der Waals surface area (Å²) in [5.41, 5.74) is 2.69. The first-order chi connectivity index (χ1) is 12.1. The molecule has 2 aromatic carbocycles. The van der Waals surface area contributed by atoms with Crippen molar-refractivity contribution in [1.82, 2.24) is 0 Å². The first kappa shape index (κ1) is 18.5. The molecular formula is C20H24N2O3S. The average Bonchev–Trinajstić information content (AvgIpc) is 2.96. The molecule has 1 aliphatic heterocycles. The quantitative estimate of drug-likeness (QED) is 0.893. The molecule has 3 rings (SSSR count). The molecule has 26 heavy (non-hydrogen) atoms. The number of anilines is 2. The SMILES string of the molecule is Cc1cccc(S(=O)(=O)Nc2ccc3c(c2)N(C(=O)C(C)(C)C)CC3)c1. The summed E-state index contributed by atoms with van der Waals surface area (Å²) in [6.45, 7) is 8.14. The number of amides is 1. The van der Waals surface area contributed by atoms with E-state index in [2.05, 4.69) is 4.72 Å². The normalized spacial score (nSPS) is 14.2. The van der Waals surface area contributed by atoms with Gasteiger partial charge in [-0.25, -0.2) is 8.42 Å². The fourth-order valence-electron chi connectivity index (χ4n) is 3.06. The van der Waals surface area contributed by atoms with Crippen molar-refractivity contribution in [3.63, 3.8) is 0 Å². The van der Waals surface area contributed by atoms with Gasteiger partial charge in [-0.3, -0.25) is 9.52 Å². The van der Waals surface area contributed by atoms with Crippen molar-refractivity contribution in [3.05, 3.63) is 53.6 Å². The van der Waals surface area contributed by atoms with Gasteiger partial charge in [-0.1, -0.05) is 39.0 Å². The van der Waals surface area contributed by atoms with Crippen molar-refractivity contribution < 1.29 is 13.2 Å². The van der Waals surface area contributed by atoms with Crippen LogP contribution in [-0.4, -0.2) is 20.9 Å². The van der Waals surface area contributed by atoms with Crippen molar-refractivity contribution in [1.29, 1.82) is 0 Å². The molecule has 0 radical (unpaired) electrons. The maximum absolute atomic E-state index is 12.7. The predicted molar refractivity (Wildman–Crippen MR) is 104 cm³/mol. The third-order valence-electron chi connectivity index (χ3n) is 4.42. The number of nitrogens with one attached hydrogen (secondary N) is 1. The highest BCUT2D eigenvalue weighted by Gasteiger charge is 2.32. The lowest BCUT2D eigenvalue weighted by molar-refractivity contribution is -0.125. The number of carbonyl (C=O) groups is 1. The molecule has 2 aromatic rings. The zero-order valence-electron chi connectivity index (χ0n) is 15.5. The molecule has 1 aliphatic rings. The Balaban J connectivity index is 1.91. The van der Waals surface area contributed by atoms with E-state index < -0.39 is 15.4 Å². The standard InChI is InChI=1S/C20H24N2O3S/c1-14-6-5-7-17(12-14)26(24,25)21-16-9-8-15-10-11-22(18(15)13-16)19(23)20(2,3)4/h5-9,12-13,21H,10-11H2,1-4H3. The van der Waals surface area contributed by atoms with Crippen LogP contribution in [0.1, 0.15) is 31.9 Å². The van der Waals surface area contributed by atoms with Gasteiger partial charge in [-0.05, 0) is 48.7 Å². The van der Waals surface area contributed by atoms with Gasteiger partial charge in [-0.2, -0.15) is 0 Å². The van der Waals surface area contributed by atoms with Crippen molar-refractivity contribution >= 4 is 27.3 Å². The van der Waals surface area contributed by atoms with Gasteiger partial charge in [0.15, 0.2) is 0 Å². The maximum Gasteiger partial charge on any atom is 0.261 e. The average molecular weight is 372 g/mol. The number of rotatable bonds is 3. The van der Waals surface area contributed by atoms with Crippen LogP contribution in [-0.2, 0) is 21.2 Å². The van der Waals surface area contributed by atoms with Crippen LogP contribution in [0.4, 0.5) is 11.4 Å². The number of aryl methyl sites for hydroxylation is 1. The maximum atomic E-state index is 12.7. The molecule has 6 heteroatoms. The summed E-state index contributed by atoms with van der Waals surface area (Å²) in [6.07, 6.45) is 0.780. The molecule has 1 N–H and O–H groups in total. The Morgan fingerprint density at radius 3 is 2.50 bits per heavy atom. The van der Waals surface area contributed by atoms with Crippen LogP contribution in [0.3, 0.4) is 0 Å². The van der Waals surface area contributed by atoms with Crippen LogP contribution in [0.2, 0.25) is 0 Å². The highest BCUT2D eigenvalue weighted by molar-refractivity contribution is 7.92. The molecule has 0 bridgehead atoms. The number of hydrogen-bond acceptors (Lipinski definition) is 3.